The molecule has 146 valence electrons. The lowest BCUT2D eigenvalue weighted by atomic mass is 10.1. The molecule has 0 saturated heterocycles. The standard InChI is InChI=1S/C18H26O8/c1-8-9-10-17(24-14(19)11(2)3,25-15(20)12(4)5)18(22,23)26-16(21)13(6)7/h22-23H,2,4,6,8-10H2,1,3,5,7H3. The Morgan fingerprint density at radius 1 is 0.808 bits per heavy atom. The molecule has 0 rings (SSSR count). The van der Waals surface area contributed by atoms with Crippen molar-refractivity contribution < 1.29 is 38.8 Å². The van der Waals surface area contributed by atoms with E-state index < -0.39 is 29.7 Å². The largest absolute Gasteiger partial charge is 0.410 e. The lowest BCUT2D eigenvalue weighted by Crippen LogP contribution is -2.62. The average molecular weight is 370 g/mol. The van der Waals surface area contributed by atoms with Gasteiger partial charge in [-0.05, 0) is 27.2 Å². The van der Waals surface area contributed by atoms with E-state index in [9.17, 15) is 24.6 Å². The molecular weight excluding hydrogens is 344 g/mol. The number of unbranched alkanes of at least 4 members (excludes halogenated alkanes) is 1. The normalized spacial score (nSPS) is 11.3. The van der Waals surface area contributed by atoms with Crippen molar-refractivity contribution in [3.8, 4) is 0 Å². The van der Waals surface area contributed by atoms with Crippen LogP contribution in [0, 0.1) is 0 Å². The summed E-state index contributed by atoms with van der Waals surface area (Å²) in [5.41, 5.74) is -0.349. The van der Waals surface area contributed by atoms with Gasteiger partial charge in [0.1, 0.15) is 0 Å². The zero-order valence-electron chi connectivity index (χ0n) is 15.6. The molecular formula is C18H26O8. The highest BCUT2D eigenvalue weighted by Crippen LogP contribution is 2.35. The smallest absolute Gasteiger partial charge is 0.406 e. The number of ether oxygens (including phenoxy) is 3. The van der Waals surface area contributed by atoms with Crippen LogP contribution >= 0.6 is 0 Å². The van der Waals surface area contributed by atoms with E-state index in [1.165, 1.54) is 20.8 Å². The molecule has 0 unspecified atom stereocenters. The molecule has 26 heavy (non-hydrogen) atoms. The lowest BCUT2D eigenvalue weighted by Gasteiger charge is -2.40. The van der Waals surface area contributed by atoms with Gasteiger partial charge in [0.2, 0.25) is 0 Å². The van der Waals surface area contributed by atoms with E-state index in [1.807, 2.05) is 0 Å². The molecule has 2 N–H and O–H groups in total. The van der Waals surface area contributed by atoms with Crippen molar-refractivity contribution in [2.24, 2.45) is 0 Å². The molecule has 8 heteroatoms. The van der Waals surface area contributed by atoms with E-state index in [-0.39, 0.29) is 29.6 Å². The molecule has 0 amide bonds. The highest BCUT2D eigenvalue weighted by atomic mass is 16.9. The average Bonchev–Trinajstić information content (AvgIpc) is 2.51. The third-order valence-electron chi connectivity index (χ3n) is 3.15. The van der Waals surface area contributed by atoms with Gasteiger partial charge in [0.05, 0.1) is 0 Å². The number of hydrogen-bond donors (Lipinski definition) is 2. The summed E-state index contributed by atoms with van der Waals surface area (Å²) < 4.78 is 14.7. The first-order chi connectivity index (χ1) is 11.8. The molecule has 0 saturated carbocycles. The molecule has 0 aromatic heterocycles. The summed E-state index contributed by atoms with van der Waals surface area (Å²) >= 11 is 0. The molecule has 0 aliphatic carbocycles. The third-order valence-corrected chi connectivity index (χ3v) is 3.15. The van der Waals surface area contributed by atoms with Crippen LogP contribution in [-0.2, 0) is 28.6 Å². The van der Waals surface area contributed by atoms with Gasteiger partial charge in [-0.3, -0.25) is 0 Å². The maximum Gasteiger partial charge on any atom is 0.406 e. The molecule has 0 aromatic carbocycles. The van der Waals surface area contributed by atoms with Crippen LogP contribution in [0.3, 0.4) is 0 Å². The van der Waals surface area contributed by atoms with Gasteiger partial charge < -0.3 is 24.4 Å². The molecule has 0 atom stereocenters. The molecule has 0 bridgehead atoms. The summed E-state index contributed by atoms with van der Waals surface area (Å²) in [6, 6.07) is 0. The third kappa shape index (κ3) is 6.12. The summed E-state index contributed by atoms with van der Waals surface area (Å²) in [7, 11) is 0. The van der Waals surface area contributed by atoms with E-state index in [4.69, 9.17) is 9.47 Å². The fraction of sp³-hybridized carbons (Fsp3) is 0.500. The Balaban J connectivity index is 6.17. The van der Waals surface area contributed by atoms with Crippen LogP contribution in [0.5, 0.6) is 0 Å². The predicted octanol–water partition coefficient (Wildman–Crippen LogP) is 1.87. The minimum Gasteiger partial charge on any atom is -0.410 e. The summed E-state index contributed by atoms with van der Waals surface area (Å²) in [6.45, 7) is 15.8. The molecule has 0 radical (unpaired) electrons. The topological polar surface area (TPSA) is 119 Å². The zero-order chi connectivity index (χ0) is 20.7. The summed E-state index contributed by atoms with van der Waals surface area (Å²) in [4.78, 5) is 35.8. The molecule has 0 aromatic rings. The zero-order valence-corrected chi connectivity index (χ0v) is 15.6. The highest BCUT2D eigenvalue weighted by molar-refractivity contribution is 5.89. The van der Waals surface area contributed by atoms with E-state index in [0.29, 0.717) is 6.42 Å². The molecule has 0 spiro atoms. The Bertz CT molecular complexity index is 587. The van der Waals surface area contributed by atoms with Gasteiger partial charge in [0, 0.05) is 23.1 Å². The van der Waals surface area contributed by atoms with E-state index in [1.54, 1.807) is 6.92 Å². The number of aliphatic hydroxyl groups is 2. The number of carbonyl (C=O) groups is 3. The van der Waals surface area contributed by atoms with Gasteiger partial charge in [-0.15, -0.1) is 0 Å². The predicted molar refractivity (Wildman–Crippen MR) is 92.1 cm³/mol. The number of rotatable bonds is 10. The van der Waals surface area contributed by atoms with Crippen molar-refractivity contribution in [3.05, 3.63) is 36.5 Å². The Kier molecular flexibility index (Phi) is 8.43. The molecule has 0 heterocycles. The van der Waals surface area contributed by atoms with E-state index in [0.717, 1.165) is 0 Å². The van der Waals surface area contributed by atoms with Crippen molar-refractivity contribution in [2.75, 3.05) is 0 Å². The van der Waals surface area contributed by atoms with Crippen LogP contribution in [0.2, 0.25) is 0 Å². The van der Waals surface area contributed by atoms with Crippen molar-refractivity contribution >= 4 is 17.9 Å². The van der Waals surface area contributed by atoms with Gasteiger partial charge in [-0.25, -0.2) is 14.4 Å². The summed E-state index contributed by atoms with van der Waals surface area (Å²) in [6.07, 6.45) is 0.389. The van der Waals surface area contributed by atoms with Crippen LogP contribution in [0.1, 0.15) is 47.0 Å². The van der Waals surface area contributed by atoms with E-state index in [2.05, 4.69) is 24.5 Å². The quantitative estimate of drug-likeness (QED) is 0.340. The second-order valence-corrected chi connectivity index (χ2v) is 5.97. The summed E-state index contributed by atoms with van der Waals surface area (Å²) in [5.74, 6) is -9.54. The van der Waals surface area contributed by atoms with Crippen LogP contribution in [0.15, 0.2) is 36.5 Å². The first-order valence-corrected chi connectivity index (χ1v) is 7.91. The molecule has 0 fully saturated rings. The highest BCUT2D eigenvalue weighted by Gasteiger charge is 2.60. The summed E-state index contributed by atoms with van der Waals surface area (Å²) in [5, 5.41) is 20.8. The minimum absolute atomic E-state index is 0.0979. The fourth-order valence-electron chi connectivity index (χ4n) is 1.60. The first kappa shape index (κ1) is 23.5. The lowest BCUT2D eigenvalue weighted by molar-refractivity contribution is -0.443. The fourth-order valence-corrected chi connectivity index (χ4v) is 1.60. The first-order valence-electron chi connectivity index (χ1n) is 7.91. The van der Waals surface area contributed by atoms with Crippen molar-refractivity contribution in [1.82, 2.24) is 0 Å². The molecule has 0 aliphatic heterocycles. The number of hydrogen-bond acceptors (Lipinski definition) is 8. The Morgan fingerprint density at radius 3 is 1.46 bits per heavy atom. The van der Waals surface area contributed by atoms with Crippen LogP contribution in [0.4, 0.5) is 0 Å². The molecule has 8 nitrogen and oxygen atoms in total. The van der Waals surface area contributed by atoms with Crippen molar-refractivity contribution in [3.63, 3.8) is 0 Å². The second kappa shape index (κ2) is 9.30. The van der Waals surface area contributed by atoms with Crippen molar-refractivity contribution in [2.45, 2.75) is 58.7 Å². The van der Waals surface area contributed by atoms with Gasteiger partial charge in [-0.2, -0.15) is 0 Å². The number of carbonyl (C=O) groups excluding carboxylic acids is 3. The van der Waals surface area contributed by atoms with E-state index >= 15 is 0 Å². The minimum atomic E-state index is -3.48. The number of esters is 3. The van der Waals surface area contributed by atoms with Crippen LogP contribution in [0.25, 0.3) is 0 Å². The van der Waals surface area contributed by atoms with Crippen LogP contribution in [-0.4, -0.2) is 39.9 Å². The van der Waals surface area contributed by atoms with Gasteiger partial charge in [0.25, 0.3) is 0 Å². The van der Waals surface area contributed by atoms with Gasteiger partial charge in [-0.1, -0.05) is 33.1 Å². The Morgan fingerprint density at radius 2 is 1.15 bits per heavy atom. The monoisotopic (exact) mass is 370 g/mol. The SMILES string of the molecule is C=C(C)C(=O)OC(O)(O)C(CCCC)(OC(=O)C(=C)C)OC(=O)C(=C)C. The maximum absolute atomic E-state index is 12.0. The van der Waals surface area contributed by atoms with Crippen molar-refractivity contribution in [1.29, 1.82) is 0 Å². The molecule has 0 aliphatic rings. The maximum atomic E-state index is 12.0. The van der Waals surface area contributed by atoms with Crippen LogP contribution < -0.4 is 0 Å². The van der Waals surface area contributed by atoms with Gasteiger partial charge >= 0.3 is 29.7 Å². The Hall–Kier alpha value is -2.45. The second-order valence-electron chi connectivity index (χ2n) is 5.97. The van der Waals surface area contributed by atoms with Gasteiger partial charge in [0.15, 0.2) is 0 Å². The Labute approximate surface area is 152 Å².